The summed E-state index contributed by atoms with van der Waals surface area (Å²) in [6.07, 6.45) is 5.11. The van der Waals surface area contributed by atoms with Crippen LogP contribution >= 0.6 is 0 Å². The van der Waals surface area contributed by atoms with Crippen LogP contribution in [-0.4, -0.2) is 27.1 Å². The summed E-state index contributed by atoms with van der Waals surface area (Å²) in [7, 11) is 0. The lowest BCUT2D eigenvalue weighted by Gasteiger charge is -1.81. The third kappa shape index (κ3) is 4.65. The zero-order valence-corrected chi connectivity index (χ0v) is 8.83. The van der Waals surface area contributed by atoms with E-state index in [1.165, 1.54) is 10.8 Å². The molecule has 0 aliphatic heterocycles. The van der Waals surface area contributed by atoms with Crippen molar-refractivity contribution in [2.75, 3.05) is 0 Å². The number of carboxylic acids is 2. The Morgan fingerprint density at radius 3 is 1.71 bits per heavy atom. The maximum atomic E-state index is 9.55. The highest BCUT2D eigenvalue weighted by atomic mass is 16.4. The van der Waals surface area contributed by atoms with Crippen LogP contribution in [0.5, 0.6) is 0 Å². The quantitative estimate of drug-likeness (QED) is 0.691. The predicted octanol–water partition coefficient (Wildman–Crippen LogP) is 1.88. The van der Waals surface area contributed by atoms with Crippen molar-refractivity contribution < 1.29 is 19.8 Å². The van der Waals surface area contributed by atoms with E-state index < -0.39 is 11.9 Å². The van der Waals surface area contributed by atoms with E-state index in [9.17, 15) is 9.59 Å². The summed E-state index contributed by atoms with van der Waals surface area (Å²) >= 11 is 0. The van der Waals surface area contributed by atoms with E-state index in [1.807, 2.05) is 24.5 Å². The first kappa shape index (κ1) is 12.5. The van der Waals surface area contributed by atoms with Crippen molar-refractivity contribution in [1.82, 2.24) is 4.98 Å². The fourth-order valence-corrected chi connectivity index (χ4v) is 1.14. The van der Waals surface area contributed by atoms with E-state index in [4.69, 9.17) is 10.2 Å². The molecular formula is C12H11NO4. The van der Waals surface area contributed by atoms with Gasteiger partial charge in [0.05, 0.1) is 0 Å². The summed E-state index contributed by atoms with van der Waals surface area (Å²) in [5.41, 5.74) is 0. The molecule has 0 aliphatic carbocycles. The van der Waals surface area contributed by atoms with Crippen LogP contribution in [0.2, 0.25) is 0 Å². The van der Waals surface area contributed by atoms with Gasteiger partial charge >= 0.3 is 11.9 Å². The van der Waals surface area contributed by atoms with Crippen LogP contribution in [0.4, 0.5) is 0 Å². The Morgan fingerprint density at radius 1 is 0.941 bits per heavy atom. The zero-order valence-electron chi connectivity index (χ0n) is 8.83. The van der Waals surface area contributed by atoms with Crippen LogP contribution < -0.4 is 0 Å². The second kappa shape index (κ2) is 6.12. The molecule has 0 amide bonds. The molecule has 1 heterocycles. The molecule has 1 aromatic carbocycles. The van der Waals surface area contributed by atoms with E-state index in [1.54, 1.807) is 0 Å². The molecule has 0 unspecified atom stereocenters. The van der Waals surface area contributed by atoms with Gasteiger partial charge in [-0.15, -0.1) is 0 Å². The van der Waals surface area contributed by atoms with E-state index in [2.05, 4.69) is 17.1 Å². The van der Waals surface area contributed by atoms with E-state index >= 15 is 0 Å². The number of aliphatic carboxylic acids is 2. The van der Waals surface area contributed by atoms with Crippen molar-refractivity contribution in [3.8, 4) is 0 Å². The molecule has 17 heavy (non-hydrogen) atoms. The first-order valence-electron chi connectivity index (χ1n) is 4.75. The zero-order chi connectivity index (χ0) is 12.7. The van der Waals surface area contributed by atoms with Gasteiger partial charge < -0.3 is 15.2 Å². The van der Waals surface area contributed by atoms with Gasteiger partial charge in [0.25, 0.3) is 0 Å². The molecule has 2 rings (SSSR count). The van der Waals surface area contributed by atoms with E-state index in [-0.39, 0.29) is 0 Å². The van der Waals surface area contributed by atoms with Crippen LogP contribution in [0, 0.1) is 0 Å². The first-order chi connectivity index (χ1) is 8.09. The average Bonchev–Trinajstić information content (AvgIpc) is 2.75. The third-order valence-corrected chi connectivity index (χ3v) is 1.84. The van der Waals surface area contributed by atoms with Gasteiger partial charge in [-0.25, -0.2) is 9.59 Å². The number of fused-ring (bicyclic) bond motifs is 1. The number of hydrogen-bond donors (Lipinski definition) is 3. The molecule has 0 fully saturated rings. The third-order valence-electron chi connectivity index (χ3n) is 1.84. The summed E-state index contributed by atoms with van der Waals surface area (Å²) in [4.78, 5) is 22.1. The second-order valence-electron chi connectivity index (χ2n) is 3.09. The van der Waals surface area contributed by atoms with E-state index in [0.29, 0.717) is 12.2 Å². The fourth-order valence-electron chi connectivity index (χ4n) is 1.14. The number of aromatic amines is 1. The van der Waals surface area contributed by atoms with Crippen molar-refractivity contribution in [3.63, 3.8) is 0 Å². The number of aromatic nitrogens is 1. The van der Waals surface area contributed by atoms with Crippen molar-refractivity contribution in [1.29, 1.82) is 0 Å². The van der Waals surface area contributed by atoms with Gasteiger partial charge in [0.1, 0.15) is 0 Å². The van der Waals surface area contributed by atoms with Crippen molar-refractivity contribution in [2.45, 2.75) is 0 Å². The van der Waals surface area contributed by atoms with Gasteiger partial charge in [0.15, 0.2) is 0 Å². The number of rotatable bonds is 2. The molecule has 0 spiro atoms. The van der Waals surface area contributed by atoms with Crippen molar-refractivity contribution in [2.24, 2.45) is 0 Å². The molecule has 5 heteroatoms. The number of H-pyrrole nitrogens is 1. The van der Waals surface area contributed by atoms with Crippen LogP contribution in [0.3, 0.4) is 0 Å². The maximum Gasteiger partial charge on any atom is 0.328 e. The highest BCUT2D eigenvalue weighted by Crippen LogP contribution is 2.10. The molecule has 5 nitrogen and oxygen atoms in total. The number of hydrogen-bond acceptors (Lipinski definition) is 2. The minimum absolute atomic E-state index is 0.558. The second-order valence-corrected chi connectivity index (χ2v) is 3.09. The van der Waals surface area contributed by atoms with Crippen LogP contribution in [0.15, 0.2) is 48.8 Å². The average molecular weight is 233 g/mol. The minimum atomic E-state index is -1.26. The van der Waals surface area contributed by atoms with E-state index in [0.717, 1.165) is 0 Å². The molecule has 0 aliphatic rings. The van der Waals surface area contributed by atoms with Crippen LogP contribution in [0.1, 0.15) is 0 Å². The molecule has 0 saturated heterocycles. The number of nitrogens with one attached hydrogen (secondary N) is 1. The summed E-state index contributed by atoms with van der Waals surface area (Å²) in [5, 5.41) is 18.2. The number of carbonyl (C=O) groups is 2. The highest BCUT2D eigenvalue weighted by Gasteiger charge is 1.88. The summed E-state index contributed by atoms with van der Waals surface area (Å²) in [6, 6.07) is 8.25. The minimum Gasteiger partial charge on any atom is -0.478 e. The molecule has 2 aromatic rings. The Morgan fingerprint density at radius 2 is 1.35 bits per heavy atom. The summed E-state index contributed by atoms with van der Waals surface area (Å²) in [6.45, 7) is 0. The Bertz CT molecular complexity index is 496. The molecule has 0 saturated carbocycles. The Kier molecular flexibility index (Phi) is 4.50. The smallest absolute Gasteiger partial charge is 0.328 e. The molecule has 0 bridgehead atoms. The standard InChI is InChI=1S/C8H7N.C4H4O4/c1-2-4-8-6-9-5-7(8)3-1;5-3(6)1-2-4(7)8/h1-6,9H;1-2H,(H,5,6)(H,7,8). The summed E-state index contributed by atoms with van der Waals surface area (Å²) in [5.74, 6) is -2.51. The van der Waals surface area contributed by atoms with Crippen molar-refractivity contribution >= 4 is 22.7 Å². The normalized spacial score (nSPS) is 9.88. The van der Waals surface area contributed by atoms with Gasteiger partial charge in [0.2, 0.25) is 0 Å². The molecule has 0 atom stereocenters. The molecular weight excluding hydrogens is 222 g/mol. The summed E-state index contributed by atoms with van der Waals surface area (Å²) < 4.78 is 0. The van der Waals surface area contributed by atoms with Crippen LogP contribution in [-0.2, 0) is 9.59 Å². The first-order valence-corrected chi connectivity index (χ1v) is 4.75. The predicted molar refractivity (Wildman–Crippen MR) is 62.7 cm³/mol. The topological polar surface area (TPSA) is 90.4 Å². The molecule has 3 N–H and O–H groups in total. The molecule has 88 valence electrons. The highest BCUT2D eigenvalue weighted by molar-refractivity contribution is 5.89. The number of benzene rings is 1. The Balaban J connectivity index is 0.000000172. The molecule has 0 radical (unpaired) electrons. The molecule has 1 aromatic heterocycles. The Labute approximate surface area is 97.0 Å². The largest absolute Gasteiger partial charge is 0.478 e. The lowest BCUT2D eigenvalue weighted by molar-refractivity contribution is -0.134. The van der Waals surface area contributed by atoms with Gasteiger partial charge in [-0.05, 0) is 10.8 Å². The number of carboxylic acid groups (broad SMARTS) is 2. The van der Waals surface area contributed by atoms with Gasteiger partial charge in [-0.2, -0.15) is 0 Å². The Hall–Kier alpha value is -2.56. The maximum absolute atomic E-state index is 9.55. The lowest BCUT2D eigenvalue weighted by atomic mass is 10.2. The van der Waals surface area contributed by atoms with Crippen molar-refractivity contribution in [3.05, 3.63) is 48.8 Å². The SMILES string of the molecule is O=C(O)C=CC(=O)O.c1ccc2c[nH]cc2c1. The van der Waals surface area contributed by atoms with Gasteiger partial charge in [-0.3, -0.25) is 0 Å². The fraction of sp³-hybridized carbons (Fsp3) is 0. The monoisotopic (exact) mass is 233 g/mol. The lowest BCUT2D eigenvalue weighted by Crippen LogP contribution is -1.91. The van der Waals surface area contributed by atoms with Crippen LogP contribution in [0.25, 0.3) is 10.8 Å². The van der Waals surface area contributed by atoms with Gasteiger partial charge in [0, 0.05) is 24.5 Å². The van der Waals surface area contributed by atoms with Gasteiger partial charge in [-0.1, -0.05) is 24.3 Å².